The Morgan fingerprint density at radius 3 is 1.37 bits per heavy atom. The summed E-state index contributed by atoms with van der Waals surface area (Å²) in [6.45, 7) is 3.90. The van der Waals surface area contributed by atoms with Crippen molar-refractivity contribution >= 4 is 11.9 Å². The van der Waals surface area contributed by atoms with Gasteiger partial charge in [0.25, 0.3) is 0 Å². The third-order valence-electron chi connectivity index (χ3n) is 8.84. The summed E-state index contributed by atoms with van der Waals surface area (Å²) in [6, 6.07) is 21.2. The number of carbonyl (C=O) groups is 2. The molecule has 46 heavy (non-hydrogen) atoms. The molecule has 0 N–H and O–H groups in total. The van der Waals surface area contributed by atoms with Gasteiger partial charge in [-0.25, -0.2) is 9.59 Å². The number of hydrogen-bond acceptors (Lipinski definition) is 10. The van der Waals surface area contributed by atoms with Gasteiger partial charge in [0.1, 0.15) is 12.2 Å². The van der Waals surface area contributed by atoms with Crippen molar-refractivity contribution in [2.75, 3.05) is 27.8 Å². The molecule has 0 radical (unpaired) electrons. The molecule has 0 bridgehead atoms. The van der Waals surface area contributed by atoms with Crippen molar-refractivity contribution < 1.29 is 47.5 Å². The summed E-state index contributed by atoms with van der Waals surface area (Å²) in [7, 11) is 3.05. The minimum Gasteiger partial charge on any atom is -0.492 e. The quantitative estimate of drug-likeness (QED) is 0.210. The molecule has 1 aliphatic carbocycles. The molecule has 0 unspecified atom stereocenters. The van der Waals surface area contributed by atoms with Crippen LogP contribution in [0.1, 0.15) is 57.9 Å². The van der Waals surface area contributed by atoms with Crippen LogP contribution >= 0.6 is 0 Å². The first-order valence-corrected chi connectivity index (χ1v) is 14.9. The molecule has 0 saturated heterocycles. The third kappa shape index (κ3) is 4.81. The van der Waals surface area contributed by atoms with Crippen molar-refractivity contribution in [3.8, 4) is 45.6 Å². The standard InChI is InChI=1S/C36H32O10/c1-19-20(2)30(46-36(38)22-13-9-6-10-14-22)24-16-26-32(44-18-42-26)34(40-4)28(24)27-23(15-25-31(33(27)39-3)43-17-41-25)29(19)45-35(37)21-11-7-5-8-12-21/h5-16,19-20,29-30H,17-18H2,1-4H3/t19-,20-,29+,30+/m0/s1. The van der Waals surface area contributed by atoms with Gasteiger partial charge in [-0.15, -0.1) is 0 Å². The zero-order valence-corrected chi connectivity index (χ0v) is 25.7. The Morgan fingerprint density at radius 2 is 1.00 bits per heavy atom. The fraction of sp³-hybridized carbons (Fsp3) is 0.278. The molecule has 0 spiro atoms. The van der Waals surface area contributed by atoms with Crippen LogP contribution in [0.25, 0.3) is 11.1 Å². The van der Waals surface area contributed by atoms with Gasteiger partial charge in [0.2, 0.25) is 25.1 Å². The lowest BCUT2D eigenvalue weighted by Crippen LogP contribution is -2.31. The van der Waals surface area contributed by atoms with Crippen LogP contribution in [0, 0.1) is 11.8 Å². The van der Waals surface area contributed by atoms with Gasteiger partial charge in [-0.3, -0.25) is 0 Å². The Kier molecular flexibility index (Phi) is 7.56. The molecule has 4 atom stereocenters. The largest absolute Gasteiger partial charge is 0.492 e. The molecule has 0 fully saturated rings. The van der Waals surface area contributed by atoms with Gasteiger partial charge in [0.15, 0.2) is 23.0 Å². The van der Waals surface area contributed by atoms with Crippen molar-refractivity contribution in [2.24, 2.45) is 11.8 Å². The highest BCUT2D eigenvalue weighted by atomic mass is 16.7. The van der Waals surface area contributed by atoms with E-state index in [0.29, 0.717) is 67.9 Å². The molecule has 10 nitrogen and oxygen atoms in total. The minimum atomic E-state index is -0.845. The predicted octanol–water partition coefficient (Wildman–Crippen LogP) is 6.91. The highest BCUT2D eigenvalue weighted by Crippen LogP contribution is 2.61. The van der Waals surface area contributed by atoms with Crippen molar-refractivity contribution in [3.05, 3.63) is 95.1 Å². The van der Waals surface area contributed by atoms with E-state index in [4.69, 9.17) is 37.9 Å². The fourth-order valence-electron chi connectivity index (χ4n) is 6.39. The maximum absolute atomic E-state index is 13.7. The van der Waals surface area contributed by atoms with Crippen molar-refractivity contribution in [1.82, 2.24) is 0 Å². The van der Waals surface area contributed by atoms with Crippen LogP contribution in [-0.4, -0.2) is 39.7 Å². The van der Waals surface area contributed by atoms with Crippen molar-refractivity contribution in [3.63, 3.8) is 0 Å². The van der Waals surface area contributed by atoms with Crippen LogP contribution in [0.5, 0.6) is 34.5 Å². The Labute approximate surface area is 265 Å². The lowest BCUT2D eigenvalue weighted by Gasteiger charge is -2.38. The van der Waals surface area contributed by atoms with E-state index >= 15 is 0 Å². The van der Waals surface area contributed by atoms with Gasteiger partial charge in [0.05, 0.1) is 25.3 Å². The maximum Gasteiger partial charge on any atom is 0.338 e. The molecule has 0 aromatic heterocycles. The fourth-order valence-corrected chi connectivity index (χ4v) is 6.39. The van der Waals surface area contributed by atoms with Crippen LogP contribution in [-0.2, 0) is 9.47 Å². The molecule has 2 heterocycles. The average Bonchev–Trinajstić information content (AvgIpc) is 3.77. The first kappa shape index (κ1) is 29.3. The molecule has 0 amide bonds. The van der Waals surface area contributed by atoms with Gasteiger partial charge in [0, 0.05) is 34.1 Å². The Bertz CT molecular complexity index is 1670. The van der Waals surface area contributed by atoms with E-state index in [1.165, 1.54) is 14.2 Å². The molecular formula is C36H32O10. The Hall–Kier alpha value is -5.38. The number of methoxy groups -OCH3 is 2. The zero-order valence-electron chi connectivity index (χ0n) is 25.7. The number of fused-ring (bicyclic) bond motifs is 5. The summed E-state index contributed by atoms with van der Waals surface area (Å²) in [5, 5.41) is 0. The predicted molar refractivity (Wildman–Crippen MR) is 165 cm³/mol. The van der Waals surface area contributed by atoms with Gasteiger partial charge in [-0.2, -0.15) is 0 Å². The SMILES string of the molecule is COc1c2c(cc3c1-c1c(cc4c(c1OC)OCO4)[C@H](OC(=O)c1ccccc1)[C@@H](C)[C@H](C)[C@H]3OC(=O)c1ccccc1)OCO2. The number of rotatable bonds is 6. The Morgan fingerprint density at radius 1 is 0.609 bits per heavy atom. The number of esters is 2. The summed E-state index contributed by atoms with van der Waals surface area (Å²) in [4.78, 5) is 27.3. The lowest BCUT2D eigenvalue weighted by molar-refractivity contribution is -0.0271. The number of benzene rings is 4. The van der Waals surface area contributed by atoms with E-state index in [1.54, 1.807) is 48.5 Å². The van der Waals surface area contributed by atoms with Crippen LogP contribution in [0.3, 0.4) is 0 Å². The molecule has 4 aromatic rings. The van der Waals surface area contributed by atoms with E-state index < -0.39 is 36.0 Å². The van der Waals surface area contributed by atoms with Gasteiger partial charge in [-0.05, 0) is 36.4 Å². The molecule has 236 valence electrons. The van der Waals surface area contributed by atoms with Crippen molar-refractivity contribution in [1.29, 1.82) is 0 Å². The molecule has 10 heteroatoms. The monoisotopic (exact) mass is 624 g/mol. The van der Waals surface area contributed by atoms with E-state index in [-0.39, 0.29) is 13.6 Å². The minimum absolute atomic E-state index is 0.0164. The molecule has 4 aromatic carbocycles. The maximum atomic E-state index is 13.7. The highest BCUT2D eigenvalue weighted by molar-refractivity contribution is 5.93. The van der Waals surface area contributed by atoms with Gasteiger partial charge >= 0.3 is 11.9 Å². The number of carbonyl (C=O) groups excluding carboxylic acids is 2. The molecule has 7 rings (SSSR count). The summed E-state index contributed by atoms with van der Waals surface area (Å²) >= 11 is 0. The highest BCUT2D eigenvalue weighted by Gasteiger charge is 2.45. The zero-order chi connectivity index (χ0) is 31.9. The average molecular weight is 625 g/mol. The summed E-state index contributed by atoms with van der Waals surface area (Å²) in [6.07, 6.45) is -1.69. The van der Waals surface area contributed by atoms with Gasteiger partial charge < -0.3 is 37.9 Å². The topological polar surface area (TPSA) is 108 Å². The molecule has 3 aliphatic rings. The van der Waals surface area contributed by atoms with Gasteiger partial charge in [-0.1, -0.05) is 50.2 Å². The lowest BCUT2D eigenvalue weighted by atomic mass is 9.74. The smallest absolute Gasteiger partial charge is 0.338 e. The van der Waals surface area contributed by atoms with E-state index in [1.807, 2.05) is 38.1 Å². The summed E-state index contributed by atoms with van der Waals surface area (Å²) in [5.74, 6) is 0.558. The number of ether oxygens (including phenoxy) is 8. The van der Waals surface area contributed by atoms with Crippen LogP contribution in [0.4, 0.5) is 0 Å². The van der Waals surface area contributed by atoms with E-state index in [2.05, 4.69) is 0 Å². The second-order valence-corrected chi connectivity index (χ2v) is 11.3. The van der Waals surface area contributed by atoms with E-state index in [0.717, 1.165) is 0 Å². The molecule has 2 aliphatic heterocycles. The van der Waals surface area contributed by atoms with Crippen molar-refractivity contribution in [2.45, 2.75) is 26.1 Å². The number of hydrogen-bond donors (Lipinski definition) is 0. The summed E-state index contributed by atoms with van der Waals surface area (Å²) < 4.78 is 48.2. The van der Waals surface area contributed by atoms with Crippen LogP contribution in [0.2, 0.25) is 0 Å². The normalized spacial score (nSPS) is 20.4. The first-order valence-electron chi connectivity index (χ1n) is 14.9. The first-order chi connectivity index (χ1) is 22.4. The summed E-state index contributed by atoms with van der Waals surface area (Å²) in [5.41, 5.74) is 3.07. The van der Waals surface area contributed by atoms with E-state index in [9.17, 15) is 9.59 Å². The van der Waals surface area contributed by atoms with Crippen LogP contribution in [0.15, 0.2) is 72.8 Å². The second kappa shape index (κ2) is 11.8. The molecular weight excluding hydrogens is 592 g/mol. The molecule has 0 saturated carbocycles. The third-order valence-corrected chi connectivity index (χ3v) is 8.84. The Balaban J connectivity index is 1.51. The van der Waals surface area contributed by atoms with Crippen LogP contribution < -0.4 is 28.4 Å². The second-order valence-electron chi connectivity index (χ2n) is 11.3.